The number of hydrogen-bond donors (Lipinski definition) is 1. The lowest BCUT2D eigenvalue weighted by Crippen LogP contribution is -2.29. The van der Waals surface area contributed by atoms with Gasteiger partial charge >= 0.3 is 0 Å². The Balaban J connectivity index is 2.29. The molecule has 1 nitrogen and oxygen atoms in total. The second-order valence-corrected chi connectivity index (χ2v) is 6.20. The molecule has 1 aliphatic rings. The summed E-state index contributed by atoms with van der Waals surface area (Å²) in [6.07, 6.45) is 5.22. The van der Waals surface area contributed by atoms with Crippen molar-refractivity contribution in [3.63, 3.8) is 0 Å². The van der Waals surface area contributed by atoms with E-state index in [0.717, 1.165) is 11.5 Å². The van der Waals surface area contributed by atoms with Crippen LogP contribution in [0.3, 0.4) is 0 Å². The first-order valence-electron chi connectivity index (χ1n) is 6.79. The summed E-state index contributed by atoms with van der Waals surface area (Å²) in [5.41, 5.74) is 7.15. The normalized spacial score (nSPS) is 26.0. The van der Waals surface area contributed by atoms with Crippen molar-refractivity contribution in [1.82, 2.24) is 0 Å². The summed E-state index contributed by atoms with van der Waals surface area (Å²) in [7, 11) is 0. The van der Waals surface area contributed by atoms with E-state index in [1.807, 2.05) is 12.1 Å². The van der Waals surface area contributed by atoms with Gasteiger partial charge in [0.05, 0.1) is 10.0 Å². The van der Waals surface area contributed by atoms with Gasteiger partial charge in [-0.2, -0.15) is 0 Å². The standard InChI is InChI=1S/C15H21Cl2N/c1-10-5-2-3-6-11(10)13(9-18)12-7-4-8-14(16)15(12)17/h4,7-8,10-11,13H,2-3,5-6,9,18H2,1H3. The molecule has 1 fully saturated rings. The van der Waals surface area contributed by atoms with Gasteiger partial charge in [0.1, 0.15) is 0 Å². The second-order valence-electron chi connectivity index (χ2n) is 5.41. The molecule has 1 aliphatic carbocycles. The van der Waals surface area contributed by atoms with Crippen LogP contribution in [0.15, 0.2) is 18.2 Å². The maximum atomic E-state index is 6.35. The van der Waals surface area contributed by atoms with Crippen molar-refractivity contribution in [2.45, 2.75) is 38.5 Å². The van der Waals surface area contributed by atoms with Gasteiger partial charge in [-0.05, 0) is 36.4 Å². The third kappa shape index (κ3) is 2.84. The fourth-order valence-electron chi connectivity index (χ4n) is 3.28. The van der Waals surface area contributed by atoms with Crippen molar-refractivity contribution in [2.75, 3.05) is 6.54 Å². The van der Waals surface area contributed by atoms with Gasteiger partial charge in [-0.3, -0.25) is 0 Å². The Morgan fingerprint density at radius 3 is 2.67 bits per heavy atom. The van der Waals surface area contributed by atoms with E-state index in [1.54, 1.807) is 0 Å². The maximum Gasteiger partial charge on any atom is 0.0627 e. The highest BCUT2D eigenvalue weighted by molar-refractivity contribution is 6.42. The number of halogens is 2. The Morgan fingerprint density at radius 2 is 2.00 bits per heavy atom. The van der Waals surface area contributed by atoms with Crippen molar-refractivity contribution in [3.8, 4) is 0 Å². The van der Waals surface area contributed by atoms with Gasteiger partial charge in [0.2, 0.25) is 0 Å². The van der Waals surface area contributed by atoms with Gasteiger partial charge in [-0.25, -0.2) is 0 Å². The first-order valence-corrected chi connectivity index (χ1v) is 7.54. The van der Waals surface area contributed by atoms with Crippen LogP contribution in [0.4, 0.5) is 0 Å². The lowest BCUT2D eigenvalue weighted by Gasteiger charge is -2.35. The zero-order chi connectivity index (χ0) is 13.1. The summed E-state index contributed by atoms with van der Waals surface area (Å²) in [4.78, 5) is 0. The van der Waals surface area contributed by atoms with Gasteiger partial charge in [0.15, 0.2) is 0 Å². The van der Waals surface area contributed by atoms with Crippen LogP contribution in [0.1, 0.15) is 44.1 Å². The van der Waals surface area contributed by atoms with Crippen molar-refractivity contribution < 1.29 is 0 Å². The van der Waals surface area contributed by atoms with Gasteiger partial charge in [-0.15, -0.1) is 0 Å². The molecule has 0 amide bonds. The molecule has 2 N–H and O–H groups in total. The molecule has 100 valence electrons. The lowest BCUT2D eigenvalue weighted by molar-refractivity contribution is 0.219. The van der Waals surface area contributed by atoms with Crippen molar-refractivity contribution in [2.24, 2.45) is 17.6 Å². The molecule has 3 atom stereocenters. The summed E-state index contributed by atoms with van der Waals surface area (Å²) in [6.45, 7) is 2.99. The largest absolute Gasteiger partial charge is 0.330 e. The summed E-state index contributed by atoms with van der Waals surface area (Å²) in [6, 6.07) is 5.89. The van der Waals surface area contributed by atoms with E-state index < -0.39 is 0 Å². The average molecular weight is 286 g/mol. The van der Waals surface area contributed by atoms with Crippen molar-refractivity contribution in [1.29, 1.82) is 0 Å². The third-order valence-electron chi connectivity index (χ3n) is 4.33. The Bertz CT molecular complexity index is 405. The molecular formula is C15H21Cl2N. The molecule has 1 aromatic rings. The smallest absolute Gasteiger partial charge is 0.0627 e. The fourth-order valence-corrected chi connectivity index (χ4v) is 3.73. The topological polar surface area (TPSA) is 26.0 Å². The van der Waals surface area contributed by atoms with Crippen LogP contribution >= 0.6 is 23.2 Å². The first-order chi connectivity index (χ1) is 8.65. The molecule has 0 spiro atoms. The van der Waals surface area contributed by atoms with E-state index in [9.17, 15) is 0 Å². The van der Waals surface area contributed by atoms with Crippen LogP contribution in [0.5, 0.6) is 0 Å². The minimum atomic E-state index is 0.339. The summed E-state index contributed by atoms with van der Waals surface area (Å²) in [5, 5.41) is 1.32. The Hall–Kier alpha value is -0.240. The molecule has 0 aliphatic heterocycles. The zero-order valence-electron chi connectivity index (χ0n) is 10.8. The molecule has 2 rings (SSSR count). The van der Waals surface area contributed by atoms with E-state index in [0.29, 0.717) is 28.4 Å². The Labute approximate surface area is 120 Å². The first kappa shape index (κ1) is 14.2. The number of benzene rings is 1. The Kier molecular flexibility index (Phi) is 4.94. The van der Waals surface area contributed by atoms with E-state index in [1.165, 1.54) is 25.7 Å². The maximum absolute atomic E-state index is 6.35. The van der Waals surface area contributed by atoms with Crippen LogP contribution in [0.25, 0.3) is 0 Å². The quantitative estimate of drug-likeness (QED) is 0.843. The van der Waals surface area contributed by atoms with E-state index >= 15 is 0 Å². The molecule has 0 saturated heterocycles. The van der Waals surface area contributed by atoms with Crippen LogP contribution in [0.2, 0.25) is 10.0 Å². The summed E-state index contributed by atoms with van der Waals surface area (Å²) in [5.74, 6) is 1.70. The van der Waals surface area contributed by atoms with E-state index in [-0.39, 0.29) is 0 Å². The number of nitrogens with two attached hydrogens (primary N) is 1. The predicted molar refractivity (Wildman–Crippen MR) is 79.4 cm³/mol. The SMILES string of the molecule is CC1CCCCC1C(CN)c1cccc(Cl)c1Cl. The molecule has 1 saturated carbocycles. The Morgan fingerprint density at radius 1 is 1.28 bits per heavy atom. The van der Waals surface area contributed by atoms with Crippen LogP contribution < -0.4 is 5.73 Å². The average Bonchev–Trinajstić information content (AvgIpc) is 2.37. The van der Waals surface area contributed by atoms with E-state index in [2.05, 4.69) is 13.0 Å². The van der Waals surface area contributed by atoms with Gasteiger partial charge < -0.3 is 5.73 Å². The van der Waals surface area contributed by atoms with Crippen molar-refractivity contribution in [3.05, 3.63) is 33.8 Å². The summed E-state index contributed by atoms with van der Waals surface area (Å²) >= 11 is 12.5. The van der Waals surface area contributed by atoms with Gasteiger partial charge in [0.25, 0.3) is 0 Å². The minimum Gasteiger partial charge on any atom is -0.330 e. The molecule has 0 aromatic heterocycles. The molecule has 18 heavy (non-hydrogen) atoms. The lowest BCUT2D eigenvalue weighted by atomic mass is 9.71. The second kappa shape index (κ2) is 6.27. The summed E-state index contributed by atoms with van der Waals surface area (Å²) < 4.78 is 0. The third-order valence-corrected chi connectivity index (χ3v) is 5.16. The number of rotatable bonds is 3. The molecule has 0 radical (unpaired) electrons. The fraction of sp³-hybridized carbons (Fsp3) is 0.600. The minimum absolute atomic E-state index is 0.339. The molecule has 3 unspecified atom stereocenters. The van der Waals surface area contributed by atoms with Gasteiger partial charge in [-0.1, -0.05) is 61.5 Å². The zero-order valence-corrected chi connectivity index (χ0v) is 12.3. The van der Waals surface area contributed by atoms with Crippen LogP contribution in [0, 0.1) is 11.8 Å². The molecule has 0 bridgehead atoms. The molecule has 0 heterocycles. The van der Waals surface area contributed by atoms with Crippen LogP contribution in [-0.2, 0) is 0 Å². The monoisotopic (exact) mass is 285 g/mol. The molecular weight excluding hydrogens is 265 g/mol. The highest BCUT2D eigenvalue weighted by atomic mass is 35.5. The van der Waals surface area contributed by atoms with Gasteiger partial charge in [0, 0.05) is 5.92 Å². The van der Waals surface area contributed by atoms with Crippen molar-refractivity contribution >= 4 is 23.2 Å². The number of hydrogen-bond acceptors (Lipinski definition) is 1. The highest BCUT2D eigenvalue weighted by Crippen LogP contribution is 2.42. The van der Waals surface area contributed by atoms with E-state index in [4.69, 9.17) is 28.9 Å². The molecule has 3 heteroatoms. The molecule has 1 aromatic carbocycles. The highest BCUT2D eigenvalue weighted by Gasteiger charge is 2.30. The van der Waals surface area contributed by atoms with Crippen LogP contribution in [-0.4, -0.2) is 6.54 Å². The predicted octanol–water partition coefficient (Wildman–Crippen LogP) is 4.86.